The zero-order valence-electron chi connectivity index (χ0n) is 17.0. The minimum atomic E-state index is -0.0689. The summed E-state index contributed by atoms with van der Waals surface area (Å²) >= 11 is 12.1. The smallest absolute Gasteiger partial charge is 0.241 e. The Hall–Kier alpha value is -2.61. The molecule has 31 heavy (non-hydrogen) atoms. The summed E-state index contributed by atoms with van der Waals surface area (Å²) in [5.41, 5.74) is 1.45. The predicted molar refractivity (Wildman–Crippen MR) is 119 cm³/mol. The number of anilines is 1. The predicted octanol–water partition coefficient (Wildman–Crippen LogP) is 4.90. The van der Waals surface area contributed by atoms with Gasteiger partial charge in [0.1, 0.15) is 5.75 Å². The molecule has 0 unspecified atom stereocenters. The van der Waals surface area contributed by atoms with Gasteiger partial charge in [-0.1, -0.05) is 28.4 Å². The summed E-state index contributed by atoms with van der Waals surface area (Å²) in [7, 11) is 1.63. The Balaban J connectivity index is 1.29. The van der Waals surface area contributed by atoms with E-state index in [1.54, 1.807) is 25.3 Å². The molecule has 3 aromatic rings. The van der Waals surface area contributed by atoms with Crippen molar-refractivity contribution in [1.82, 2.24) is 15.0 Å². The Morgan fingerprint density at radius 1 is 1.19 bits per heavy atom. The van der Waals surface area contributed by atoms with Gasteiger partial charge in [0.25, 0.3) is 0 Å². The normalized spacial score (nSPS) is 15.1. The third-order valence-corrected chi connectivity index (χ3v) is 5.87. The Labute approximate surface area is 190 Å². The molecule has 1 aliphatic heterocycles. The van der Waals surface area contributed by atoms with Crippen LogP contribution in [0.1, 0.15) is 18.7 Å². The number of ether oxygens (including phenoxy) is 1. The number of aromatic nitrogens is 2. The van der Waals surface area contributed by atoms with Gasteiger partial charge < -0.3 is 14.6 Å². The molecule has 0 spiro atoms. The van der Waals surface area contributed by atoms with Crippen molar-refractivity contribution >= 4 is 34.8 Å². The lowest BCUT2D eigenvalue weighted by molar-refractivity contribution is -0.121. The number of rotatable bonds is 6. The van der Waals surface area contributed by atoms with Gasteiger partial charge in [0.15, 0.2) is 0 Å². The van der Waals surface area contributed by atoms with E-state index in [-0.39, 0.29) is 11.8 Å². The Bertz CT molecular complexity index is 1050. The lowest BCUT2D eigenvalue weighted by Crippen LogP contribution is -2.37. The zero-order chi connectivity index (χ0) is 21.8. The number of amides is 1. The van der Waals surface area contributed by atoms with E-state index in [0.29, 0.717) is 34.0 Å². The van der Waals surface area contributed by atoms with Crippen molar-refractivity contribution in [1.29, 1.82) is 0 Å². The second-order valence-corrected chi connectivity index (χ2v) is 8.25. The van der Waals surface area contributed by atoms with E-state index < -0.39 is 0 Å². The number of benzene rings is 2. The summed E-state index contributed by atoms with van der Waals surface area (Å²) in [6.45, 7) is 2.10. The van der Waals surface area contributed by atoms with Crippen LogP contribution in [-0.4, -0.2) is 41.1 Å². The van der Waals surface area contributed by atoms with Crippen LogP contribution in [0.3, 0.4) is 0 Å². The van der Waals surface area contributed by atoms with Crippen LogP contribution >= 0.6 is 23.2 Å². The quantitative estimate of drug-likeness (QED) is 0.563. The van der Waals surface area contributed by atoms with E-state index in [0.717, 1.165) is 37.2 Å². The van der Waals surface area contributed by atoms with E-state index in [1.165, 1.54) is 0 Å². The van der Waals surface area contributed by atoms with Crippen molar-refractivity contribution in [3.05, 3.63) is 58.4 Å². The van der Waals surface area contributed by atoms with Gasteiger partial charge in [-0.05, 0) is 68.4 Å². The summed E-state index contributed by atoms with van der Waals surface area (Å²) in [6, 6.07) is 12.5. The number of carbonyl (C=O) groups is 1. The molecule has 7 nitrogen and oxygen atoms in total. The third kappa shape index (κ3) is 5.36. The Morgan fingerprint density at radius 3 is 2.61 bits per heavy atom. The van der Waals surface area contributed by atoms with Crippen LogP contribution < -0.4 is 10.1 Å². The summed E-state index contributed by atoms with van der Waals surface area (Å²) in [4.78, 5) is 19.3. The van der Waals surface area contributed by atoms with Crippen LogP contribution in [0.2, 0.25) is 10.0 Å². The first kappa shape index (κ1) is 21.6. The molecule has 162 valence electrons. The first-order valence-electron chi connectivity index (χ1n) is 9.97. The number of methoxy groups -OCH3 is 1. The van der Waals surface area contributed by atoms with Crippen LogP contribution in [0.15, 0.2) is 47.0 Å². The molecule has 4 rings (SSSR count). The van der Waals surface area contributed by atoms with E-state index >= 15 is 0 Å². The van der Waals surface area contributed by atoms with Crippen molar-refractivity contribution in [2.75, 3.05) is 25.5 Å². The summed E-state index contributed by atoms with van der Waals surface area (Å²) in [5.74, 6) is 1.79. The molecule has 9 heteroatoms. The molecule has 2 aromatic carbocycles. The van der Waals surface area contributed by atoms with Gasteiger partial charge in [-0.15, -0.1) is 0 Å². The maximum Gasteiger partial charge on any atom is 0.241 e. The Morgan fingerprint density at radius 2 is 1.94 bits per heavy atom. The number of nitrogens with zero attached hydrogens (tertiary/aromatic N) is 3. The third-order valence-electron chi connectivity index (χ3n) is 5.32. The van der Waals surface area contributed by atoms with E-state index in [4.69, 9.17) is 32.5 Å². The van der Waals surface area contributed by atoms with Gasteiger partial charge in [0.2, 0.25) is 17.6 Å². The minimum absolute atomic E-state index is 0.0246. The van der Waals surface area contributed by atoms with Gasteiger partial charge in [-0.25, -0.2) is 0 Å². The fourth-order valence-corrected chi connectivity index (χ4v) is 4.00. The average Bonchev–Trinajstić information content (AvgIpc) is 3.24. The van der Waals surface area contributed by atoms with Gasteiger partial charge >= 0.3 is 0 Å². The highest BCUT2D eigenvalue weighted by molar-refractivity contribution is 6.36. The number of piperidine rings is 1. The molecule has 0 bridgehead atoms. The maximum atomic E-state index is 12.6. The lowest BCUT2D eigenvalue weighted by Gasteiger charge is -2.30. The number of carbonyl (C=O) groups excluding carboxylic acids is 1. The molecule has 2 heterocycles. The lowest BCUT2D eigenvalue weighted by atomic mass is 9.96. The van der Waals surface area contributed by atoms with Gasteiger partial charge in [-0.2, -0.15) is 4.98 Å². The molecule has 0 atom stereocenters. The molecule has 1 saturated heterocycles. The van der Waals surface area contributed by atoms with E-state index in [1.807, 2.05) is 24.3 Å². The second-order valence-electron chi connectivity index (χ2n) is 7.40. The topological polar surface area (TPSA) is 80.5 Å². The highest BCUT2D eigenvalue weighted by Gasteiger charge is 2.26. The molecule has 1 amide bonds. The number of likely N-dealkylation sites (tertiary alicyclic amines) is 1. The number of hydrogen-bond donors (Lipinski definition) is 1. The number of hydrogen-bond acceptors (Lipinski definition) is 6. The highest BCUT2D eigenvalue weighted by atomic mass is 35.5. The fraction of sp³-hybridized carbons (Fsp3) is 0.318. The summed E-state index contributed by atoms with van der Waals surface area (Å²) in [5, 5.41) is 7.94. The van der Waals surface area contributed by atoms with Crippen LogP contribution in [0, 0.1) is 5.92 Å². The SMILES string of the molecule is COc1ccc(-c2noc(CN3CCC(C(=O)Nc4ccc(Cl)cc4Cl)CC3)n2)cc1. The maximum absolute atomic E-state index is 12.6. The molecule has 1 N–H and O–H groups in total. The van der Waals surface area contributed by atoms with Crippen LogP contribution in [0.25, 0.3) is 11.4 Å². The zero-order valence-corrected chi connectivity index (χ0v) is 18.5. The molecule has 0 radical (unpaired) electrons. The monoisotopic (exact) mass is 460 g/mol. The van der Waals surface area contributed by atoms with Gasteiger partial charge in [-0.3, -0.25) is 9.69 Å². The van der Waals surface area contributed by atoms with Gasteiger partial charge in [0.05, 0.1) is 24.4 Å². The molecule has 1 aromatic heterocycles. The second kappa shape index (κ2) is 9.68. The molecule has 1 fully saturated rings. The largest absolute Gasteiger partial charge is 0.497 e. The molecule has 0 aliphatic carbocycles. The Kier molecular flexibility index (Phi) is 6.75. The van der Waals surface area contributed by atoms with Crippen molar-refractivity contribution < 1.29 is 14.1 Å². The summed E-state index contributed by atoms with van der Waals surface area (Å²) < 4.78 is 10.6. The fourth-order valence-electron chi connectivity index (χ4n) is 3.55. The molecular weight excluding hydrogens is 439 g/mol. The molecular formula is C22H22Cl2N4O3. The first-order chi connectivity index (χ1) is 15.0. The highest BCUT2D eigenvalue weighted by Crippen LogP contribution is 2.27. The minimum Gasteiger partial charge on any atom is -0.497 e. The molecule has 0 saturated carbocycles. The van der Waals surface area contributed by atoms with Crippen LogP contribution in [0.5, 0.6) is 5.75 Å². The van der Waals surface area contributed by atoms with Crippen LogP contribution in [0.4, 0.5) is 5.69 Å². The van der Waals surface area contributed by atoms with Gasteiger partial charge in [0, 0.05) is 16.5 Å². The molecule has 1 aliphatic rings. The van der Waals surface area contributed by atoms with Crippen molar-refractivity contribution in [2.24, 2.45) is 5.92 Å². The van der Waals surface area contributed by atoms with E-state index in [2.05, 4.69) is 20.4 Å². The van der Waals surface area contributed by atoms with Crippen molar-refractivity contribution in [3.8, 4) is 17.1 Å². The first-order valence-corrected chi connectivity index (χ1v) is 10.7. The summed E-state index contributed by atoms with van der Waals surface area (Å²) in [6.07, 6.45) is 1.49. The number of nitrogens with one attached hydrogen (secondary N) is 1. The van der Waals surface area contributed by atoms with E-state index in [9.17, 15) is 4.79 Å². The van der Waals surface area contributed by atoms with Crippen molar-refractivity contribution in [2.45, 2.75) is 19.4 Å². The number of halogens is 2. The standard InChI is InChI=1S/C22H22Cl2N4O3/c1-30-17-5-2-14(3-6-17)21-26-20(31-27-21)13-28-10-8-15(9-11-28)22(29)25-19-7-4-16(23)12-18(19)24/h2-7,12,15H,8-11,13H2,1H3,(H,25,29). The van der Waals surface area contributed by atoms with Crippen molar-refractivity contribution in [3.63, 3.8) is 0 Å². The van der Waals surface area contributed by atoms with Crippen LogP contribution in [-0.2, 0) is 11.3 Å². The average molecular weight is 461 g/mol.